The molecular formula is C20H21ClN2O2. The number of nitrogens with zero attached hydrogens (tertiary/aromatic N) is 1. The van der Waals surface area contributed by atoms with E-state index in [9.17, 15) is 9.59 Å². The van der Waals surface area contributed by atoms with E-state index in [1.807, 2.05) is 44.2 Å². The molecule has 4 nitrogen and oxygen atoms in total. The van der Waals surface area contributed by atoms with Gasteiger partial charge in [0.25, 0.3) is 0 Å². The summed E-state index contributed by atoms with van der Waals surface area (Å²) in [6.45, 7) is 4.93. The summed E-state index contributed by atoms with van der Waals surface area (Å²) in [4.78, 5) is 26.5. The first kappa shape index (κ1) is 17.5. The number of amides is 2. The average molecular weight is 357 g/mol. The van der Waals surface area contributed by atoms with E-state index < -0.39 is 0 Å². The van der Waals surface area contributed by atoms with Crippen LogP contribution >= 0.6 is 11.6 Å². The summed E-state index contributed by atoms with van der Waals surface area (Å²) in [5.41, 5.74) is 3.90. The van der Waals surface area contributed by atoms with Crippen LogP contribution in [-0.2, 0) is 16.1 Å². The number of carbonyl (C=O) groups is 2. The van der Waals surface area contributed by atoms with E-state index >= 15 is 0 Å². The Hall–Kier alpha value is -2.33. The molecular weight excluding hydrogens is 336 g/mol. The van der Waals surface area contributed by atoms with Crippen molar-refractivity contribution >= 4 is 29.1 Å². The second-order valence-corrected chi connectivity index (χ2v) is 7.05. The Morgan fingerprint density at radius 2 is 1.92 bits per heavy atom. The predicted octanol–water partition coefficient (Wildman–Crippen LogP) is 3.94. The Balaban J connectivity index is 1.64. The Morgan fingerprint density at radius 3 is 2.64 bits per heavy atom. The molecule has 1 N–H and O–H groups in total. The molecule has 0 spiro atoms. The molecule has 5 heteroatoms. The SMILES string of the molecule is Cc1ccc(CN2C[C@H](C(=O)Nc3cc(Cl)ccc3C)CC2=O)cc1. The van der Waals surface area contributed by atoms with E-state index in [0.717, 1.165) is 11.1 Å². The summed E-state index contributed by atoms with van der Waals surface area (Å²) < 4.78 is 0. The molecule has 1 fully saturated rings. The molecule has 0 saturated carbocycles. The molecule has 0 aromatic heterocycles. The molecule has 1 atom stereocenters. The largest absolute Gasteiger partial charge is 0.338 e. The van der Waals surface area contributed by atoms with Gasteiger partial charge in [0.2, 0.25) is 11.8 Å². The van der Waals surface area contributed by atoms with Gasteiger partial charge < -0.3 is 10.2 Å². The fraction of sp³-hybridized carbons (Fsp3) is 0.300. The van der Waals surface area contributed by atoms with Crippen molar-refractivity contribution in [3.8, 4) is 0 Å². The van der Waals surface area contributed by atoms with E-state index in [-0.39, 0.29) is 24.2 Å². The summed E-state index contributed by atoms with van der Waals surface area (Å²) in [7, 11) is 0. The predicted molar refractivity (Wildman–Crippen MR) is 99.5 cm³/mol. The highest BCUT2D eigenvalue weighted by atomic mass is 35.5. The maximum atomic E-state index is 12.5. The lowest BCUT2D eigenvalue weighted by Crippen LogP contribution is -2.28. The van der Waals surface area contributed by atoms with Gasteiger partial charge in [0.1, 0.15) is 0 Å². The summed E-state index contributed by atoms with van der Waals surface area (Å²) in [6.07, 6.45) is 0.247. The number of halogens is 1. The fourth-order valence-electron chi connectivity index (χ4n) is 2.98. The lowest BCUT2D eigenvalue weighted by molar-refractivity contribution is -0.128. The molecule has 1 heterocycles. The van der Waals surface area contributed by atoms with Gasteiger partial charge in [-0.2, -0.15) is 0 Å². The molecule has 2 amide bonds. The molecule has 2 aromatic rings. The van der Waals surface area contributed by atoms with Crippen LogP contribution in [0.25, 0.3) is 0 Å². The minimum absolute atomic E-state index is 0.0172. The van der Waals surface area contributed by atoms with Crippen molar-refractivity contribution in [2.45, 2.75) is 26.8 Å². The molecule has 1 saturated heterocycles. The highest BCUT2D eigenvalue weighted by molar-refractivity contribution is 6.31. The standard InChI is InChI=1S/C20H21ClN2O2/c1-13-3-6-15(7-4-13)11-23-12-16(9-19(23)24)20(25)22-18-10-17(21)8-5-14(18)2/h3-8,10,16H,9,11-12H2,1-2H3,(H,22,25)/t16-/m1/s1. The molecule has 0 radical (unpaired) electrons. The monoisotopic (exact) mass is 356 g/mol. The van der Waals surface area contributed by atoms with E-state index in [4.69, 9.17) is 11.6 Å². The Kier molecular flexibility index (Phi) is 5.09. The van der Waals surface area contributed by atoms with Gasteiger partial charge in [0.15, 0.2) is 0 Å². The maximum absolute atomic E-state index is 12.5. The number of hydrogen-bond acceptors (Lipinski definition) is 2. The summed E-state index contributed by atoms with van der Waals surface area (Å²) in [5, 5.41) is 3.48. The van der Waals surface area contributed by atoms with Gasteiger partial charge in [0.05, 0.1) is 5.92 Å². The van der Waals surface area contributed by atoms with Gasteiger partial charge in [-0.05, 0) is 37.1 Å². The zero-order valence-corrected chi connectivity index (χ0v) is 15.1. The molecule has 0 unspecified atom stereocenters. The van der Waals surface area contributed by atoms with Crippen molar-refractivity contribution in [1.82, 2.24) is 4.90 Å². The number of anilines is 1. The van der Waals surface area contributed by atoms with Crippen LogP contribution in [0.15, 0.2) is 42.5 Å². The van der Waals surface area contributed by atoms with Crippen molar-refractivity contribution in [3.63, 3.8) is 0 Å². The van der Waals surface area contributed by atoms with Crippen LogP contribution < -0.4 is 5.32 Å². The van der Waals surface area contributed by atoms with E-state index in [1.165, 1.54) is 5.56 Å². The summed E-state index contributed by atoms with van der Waals surface area (Å²) in [6, 6.07) is 13.5. The van der Waals surface area contributed by atoms with Crippen molar-refractivity contribution in [3.05, 3.63) is 64.2 Å². The maximum Gasteiger partial charge on any atom is 0.229 e. The molecule has 25 heavy (non-hydrogen) atoms. The number of rotatable bonds is 4. The van der Waals surface area contributed by atoms with E-state index in [1.54, 1.807) is 17.0 Å². The van der Waals surface area contributed by atoms with E-state index in [2.05, 4.69) is 5.32 Å². The van der Waals surface area contributed by atoms with Crippen LogP contribution in [0.3, 0.4) is 0 Å². The summed E-state index contributed by atoms with van der Waals surface area (Å²) in [5.74, 6) is -0.454. The minimum Gasteiger partial charge on any atom is -0.338 e. The first-order valence-electron chi connectivity index (χ1n) is 8.32. The van der Waals surface area contributed by atoms with Crippen LogP contribution in [0.5, 0.6) is 0 Å². The van der Waals surface area contributed by atoms with Crippen LogP contribution in [0.4, 0.5) is 5.69 Å². The Morgan fingerprint density at radius 1 is 1.20 bits per heavy atom. The van der Waals surface area contributed by atoms with Gasteiger partial charge in [-0.3, -0.25) is 9.59 Å². The van der Waals surface area contributed by atoms with Crippen molar-refractivity contribution in [2.24, 2.45) is 5.92 Å². The molecule has 1 aliphatic heterocycles. The van der Waals surface area contributed by atoms with Gasteiger partial charge >= 0.3 is 0 Å². The number of carbonyl (C=O) groups excluding carboxylic acids is 2. The third-order valence-corrected chi connectivity index (χ3v) is 4.77. The van der Waals surface area contributed by atoms with Crippen LogP contribution in [0, 0.1) is 19.8 Å². The Bertz CT molecular complexity index is 802. The lowest BCUT2D eigenvalue weighted by atomic mass is 10.1. The number of nitrogens with one attached hydrogen (secondary N) is 1. The molecule has 130 valence electrons. The summed E-state index contributed by atoms with van der Waals surface area (Å²) >= 11 is 5.99. The molecule has 3 rings (SSSR count). The topological polar surface area (TPSA) is 49.4 Å². The van der Waals surface area contributed by atoms with Gasteiger partial charge in [-0.25, -0.2) is 0 Å². The minimum atomic E-state index is -0.337. The second-order valence-electron chi connectivity index (χ2n) is 6.61. The normalized spacial score (nSPS) is 17.0. The zero-order chi connectivity index (χ0) is 18.0. The molecule has 2 aromatic carbocycles. The van der Waals surface area contributed by atoms with Crippen LogP contribution in [-0.4, -0.2) is 23.3 Å². The zero-order valence-electron chi connectivity index (χ0n) is 14.4. The lowest BCUT2D eigenvalue weighted by Gasteiger charge is -2.17. The van der Waals surface area contributed by atoms with Crippen molar-refractivity contribution < 1.29 is 9.59 Å². The van der Waals surface area contributed by atoms with E-state index in [0.29, 0.717) is 23.8 Å². The molecule has 0 bridgehead atoms. The first-order chi connectivity index (χ1) is 11.9. The van der Waals surface area contributed by atoms with Crippen molar-refractivity contribution in [2.75, 3.05) is 11.9 Å². The van der Waals surface area contributed by atoms with Gasteiger partial charge in [-0.1, -0.05) is 47.5 Å². The number of hydrogen-bond donors (Lipinski definition) is 1. The smallest absolute Gasteiger partial charge is 0.229 e. The molecule has 0 aliphatic carbocycles. The van der Waals surface area contributed by atoms with Gasteiger partial charge in [0, 0.05) is 30.2 Å². The van der Waals surface area contributed by atoms with Gasteiger partial charge in [-0.15, -0.1) is 0 Å². The Labute approximate surface area is 152 Å². The van der Waals surface area contributed by atoms with Crippen molar-refractivity contribution in [1.29, 1.82) is 0 Å². The highest BCUT2D eigenvalue weighted by Gasteiger charge is 2.34. The third kappa shape index (κ3) is 4.20. The third-order valence-electron chi connectivity index (χ3n) is 4.54. The number of aryl methyl sites for hydroxylation is 2. The van der Waals surface area contributed by atoms with Crippen LogP contribution in [0.1, 0.15) is 23.1 Å². The number of benzene rings is 2. The first-order valence-corrected chi connectivity index (χ1v) is 8.70. The number of likely N-dealkylation sites (tertiary alicyclic amines) is 1. The quantitative estimate of drug-likeness (QED) is 0.901. The van der Waals surface area contributed by atoms with Crippen LogP contribution in [0.2, 0.25) is 5.02 Å². The molecule has 1 aliphatic rings. The average Bonchev–Trinajstić information content (AvgIpc) is 2.94. The fourth-order valence-corrected chi connectivity index (χ4v) is 3.15. The highest BCUT2D eigenvalue weighted by Crippen LogP contribution is 2.24. The second kappa shape index (κ2) is 7.28.